The van der Waals surface area contributed by atoms with Gasteiger partial charge in [-0.25, -0.2) is 0 Å². The first-order valence-corrected chi connectivity index (χ1v) is 37.8. The lowest BCUT2D eigenvalue weighted by molar-refractivity contribution is 0.660. The van der Waals surface area contributed by atoms with Crippen LogP contribution in [0.2, 0.25) is 0 Å². The van der Waals surface area contributed by atoms with Crippen LogP contribution in [0.4, 0.5) is 0 Å². The van der Waals surface area contributed by atoms with Gasteiger partial charge in [0.1, 0.15) is 0 Å². The van der Waals surface area contributed by atoms with Crippen molar-refractivity contribution in [3.8, 4) is 101 Å². The smallest absolute Gasteiger partial charge is 0.0547 e. The zero-order valence-electron chi connectivity index (χ0n) is 60.4. The van der Waals surface area contributed by atoms with Gasteiger partial charge < -0.3 is 18.3 Å². The van der Waals surface area contributed by atoms with Crippen molar-refractivity contribution in [3.05, 3.63) is 412 Å². The molecule has 0 radical (unpaired) electrons. The van der Waals surface area contributed by atoms with E-state index in [9.17, 15) is 0 Å². The maximum atomic E-state index is 2.45. The average molecular weight is 1390 g/mol. The first-order valence-electron chi connectivity index (χ1n) is 37.8. The number of benzene rings is 17. The molecule has 22 rings (SSSR count). The van der Waals surface area contributed by atoms with E-state index in [0.29, 0.717) is 0 Å². The summed E-state index contributed by atoms with van der Waals surface area (Å²) in [6.45, 7) is 4.69. The molecule has 4 heteroatoms. The molecule has 512 valence electrons. The predicted molar refractivity (Wildman–Crippen MR) is 460 cm³/mol. The van der Waals surface area contributed by atoms with Crippen LogP contribution in [0.5, 0.6) is 0 Å². The third kappa shape index (κ3) is 10.3. The van der Waals surface area contributed by atoms with Crippen molar-refractivity contribution in [2.45, 2.75) is 19.3 Å². The first kappa shape index (κ1) is 63.4. The van der Waals surface area contributed by atoms with E-state index in [1.807, 2.05) is 0 Å². The van der Waals surface area contributed by atoms with Crippen molar-refractivity contribution >= 4 is 87.2 Å². The topological polar surface area (TPSA) is 19.7 Å². The predicted octanol–water partition coefficient (Wildman–Crippen LogP) is 28.1. The molecule has 1 aliphatic rings. The van der Waals surface area contributed by atoms with Crippen LogP contribution in [0.3, 0.4) is 0 Å². The van der Waals surface area contributed by atoms with Crippen LogP contribution in [-0.4, -0.2) is 18.3 Å². The Morgan fingerprint density at radius 2 is 0.505 bits per heavy atom. The monoisotopic (exact) mass is 1390 g/mol. The van der Waals surface area contributed by atoms with E-state index in [-0.39, 0.29) is 5.41 Å². The minimum Gasteiger partial charge on any atom is -0.309 e. The molecule has 0 fully saturated rings. The summed E-state index contributed by atoms with van der Waals surface area (Å²) in [5.41, 5.74) is 34.3. The second kappa shape index (κ2) is 25.6. The molecule has 109 heavy (non-hydrogen) atoms. The molecule has 4 nitrogen and oxygen atoms in total. The Kier molecular flexibility index (Phi) is 14.9. The van der Waals surface area contributed by atoms with Crippen LogP contribution in [0, 0.1) is 0 Å². The lowest BCUT2D eigenvalue weighted by Gasteiger charge is -2.21. The Labute approximate surface area is 632 Å². The highest BCUT2D eigenvalue weighted by Gasteiger charge is 2.36. The molecule has 0 unspecified atom stereocenters. The fourth-order valence-corrected chi connectivity index (χ4v) is 18.2. The molecule has 0 saturated heterocycles. The molecule has 1 aliphatic carbocycles. The van der Waals surface area contributed by atoms with Crippen LogP contribution >= 0.6 is 0 Å². The van der Waals surface area contributed by atoms with Crippen molar-refractivity contribution in [1.82, 2.24) is 18.3 Å². The van der Waals surface area contributed by atoms with Crippen molar-refractivity contribution in [2.24, 2.45) is 0 Å². The van der Waals surface area contributed by atoms with E-state index >= 15 is 0 Å². The van der Waals surface area contributed by atoms with Crippen LogP contribution in [0.1, 0.15) is 25.0 Å². The number of aromatic nitrogens is 4. The highest BCUT2D eigenvalue weighted by molar-refractivity contribution is 6.19. The molecule has 0 bridgehead atoms. The van der Waals surface area contributed by atoms with Gasteiger partial charge in [-0.3, -0.25) is 0 Å². The van der Waals surface area contributed by atoms with Gasteiger partial charge >= 0.3 is 0 Å². The quantitative estimate of drug-likeness (QED) is 0.130. The molecular weight excluding hydrogens is 1320 g/mol. The molecule has 4 heterocycles. The van der Waals surface area contributed by atoms with Gasteiger partial charge in [0.15, 0.2) is 0 Å². The maximum absolute atomic E-state index is 2.45. The highest BCUT2D eigenvalue weighted by Crippen LogP contribution is 2.51. The lowest BCUT2D eigenvalue weighted by Crippen LogP contribution is -2.14. The van der Waals surface area contributed by atoms with E-state index < -0.39 is 0 Å². The van der Waals surface area contributed by atoms with Gasteiger partial charge in [0.25, 0.3) is 0 Å². The van der Waals surface area contributed by atoms with E-state index in [2.05, 4.69) is 432 Å². The van der Waals surface area contributed by atoms with E-state index in [1.165, 1.54) is 188 Å². The molecule has 0 atom stereocenters. The van der Waals surface area contributed by atoms with Gasteiger partial charge in [-0.15, -0.1) is 0 Å². The second-order valence-corrected chi connectivity index (χ2v) is 29.4. The third-order valence-corrected chi connectivity index (χ3v) is 23.0. The van der Waals surface area contributed by atoms with E-state index in [4.69, 9.17) is 0 Å². The summed E-state index contributed by atoms with van der Waals surface area (Å²) < 4.78 is 9.69. The van der Waals surface area contributed by atoms with Gasteiger partial charge in [-0.2, -0.15) is 0 Å². The van der Waals surface area contributed by atoms with Gasteiger partial charge in [-0.1, -0.05) is 299 Å². The van der Waals surface area contributed by atoms with Crippen LogP contribution in [-0.2, 0) is 5.41 Å². The largest absolute Gasteiger partial charge is 0.309 e. The molecule has 4 aromatic heterocycles. The fraction of sp³-hybridized carbons (Fsp3) is 0.0286. The summed E-state index contributed by atoms with van der Waals surface area (Å²) >= 11 is 0. The molecule has 21 aromatic rings. The Morgan fingerprint density at radius 1 is 0.165 bits per heavy atom. The standard InChI is InChI=1S/C54H36N2.C51H36N2/c1-4-17-37(18-5-1)40-33-41(38-19-6-2-7-20-38)35-43(34-40)56-50-28-14-12-25-46(50)49-36-39(31-32-52(49)56)44-23-10-11-24-45(44)47-27-16-30-53-54(47)48-26-13-15-29-51(48)55(53)42-21-8-3-9-22-42;1-51(2)44-23-11-8-19-38(44)42-32-35(28-29-45(42)51)53-46-24-12-9-20-39(46)43-31-33(27-30-48(43)53)36-17-6-7-18-37(36)40-22-14-26-49-50(40)41-21-10-13-25-47(41)52(49)34-15-4-3-5-16-34/h1-36H;3-32H,1-2H3. The number of hydrogen-bond donors (Lipinski definition) is 0. The molecule has 0 N–H and O–H groups in total. The molecule has 0 saturated carbocycles. The SMILES string of the molecule is CC1(C)c2ccccc2-c2cc(-n3c4ccccc4c4cc(-c5ccccc5-c5cccc6c5c5ccccc5n6-c5ccccc5)ccc43)ccc21.c1ccc(-c2cc(-c3ccccc3)cc(-n3c4ccccc4c4cc(-c5ccccc5-c5cccc6c5c5ccccc5n6-c5ccccc5)ccc43)c2)cc1. The molecule has 17 aromatic carbocycles. The molecule has 0 amide bonds. The maximum Gasteiger partial charge on any atom is 0.0547 e. The molecule has 0 spiro atoms. The Balaban J connectivity index is 0.000000139. The molecular formula is C105H72N4. The van der Waals surface area contributed by atoms with Crippen LogP contribution in [0.25, 0.3) is 188 Å². The summed E-state index contributed by atoms with van der Waals surface area (Å²) in [7, 11) is 0. The Morgan fingerprint density at radius 3 is 0.982 bits per heavy atom. The summed E-state index contributed by atoms with van der Waals surface area (Å²) in [6.07, 6.45) is 0. The second-order valence-electron chi connectivity index (χ2n) is 29.4. The summed E-state index contributed by atoms with van der Waals surface area (Å²) in [6, 6.07) is 146. The lowest BCUT2D eigenvalue weighted by atomic mass is 9.82. The van der Waals surface area contributed by atoms with Crippen molar-refractivity contribution in [2.75, 3.05) is 0 Å². The summed E-state index contributed by atoms with van der Waals surface area (Å²) in [4.78, 5) is 0. The number of fused-ring (bicyclic) bond motifs is 15. The Hall–Kier alpha value is -14.1. The molecule has 0 aliphatic heterocycles. The third-order valence-electron chi connectivity index (χ3n) is 23.0. The normalized spacial score (nSPS) is 12.4. The minimum atomic E-state index is -0.0195. The van der Waals surface area contributed by atoms with Gasteiger partial charge in [0, 0.05) is 71.3 Å². The van der Waals surface area contributed by atoms with Crippen molar-refractivity contribution < 1.29 is 0 Å². The summed E-state index contributed by atoms with van der Waals surface area (Å²) in [5, 5.41) is 10.0. The van der Waals surface area contributed by atoms with E-state index in [0.717, 1.165) is 11.4 Å². The zero-order chi connectivity index (χ0) is 72.3. The van der Waals surface area contributed by atoms with Crippen molar-refractivity contribution in [1.29, 1.82) is 0 Å². The van der Waals surface area contributed by atoms with Crippen LogP contribution in [0.15, 0.2) is 400 Å². The summed E-state index contributed by atoms with van der Waals surface area (Å²) in [5.74, 6) is 0. The number of para-hydroxylation sites is 6. The number of rotatable bonds is 10. The average Bonchev–Trinajstić information content (AvgIpc) is 1.56. The van der Waals surface area contributed by atoms with Crippen LogP contribution < -0.4 is 0 Å². The van der Waals surface area contributed by atoms with Crippen molar-refractivity contribution in [3.63, 3.8) is 0 Å². The number of nitrogens with zero attached hydrogens (tertiary/aromatic N) is 4. The highest BCUT2D eigenvalue weighted by atomic mass is 15.0. The fourth-order valence-electron chi connectivity index (χ4n) is 18.2. The van der Waals surface area contributed by atoms with Gasteiger partial charge in [0.05, 0.1) is 44.1 Å². The minimum absolute atomic E-state index is 0.0195. The number of hydrogen-bond acceptors (Lipinski definition) is 0. The first-order chi connectivity index (χ1) is 53.9. The van der Waals surface area contributed by atoms with Gasteiger partial charge in [0.2, 0.25) is 0 Å². The van der Waals surface area contributed by atoms with Gasteiger partial charge in [-0.05, 0) is 204 Å². The Bertz CT molecular complexity index is 7110. The zero-order valence-corrected chi connectivity index (χ0v) is 60.4. The van der Waals surface area contributed by atoms with E-state index in [1.54, 1.807) is 0 Å².